The van der Waals surface area contributed by atoms with Gasteiger partial charge in [-0.2, -0.15) is 0 Å². The molecule has 0 spiro atoms. The largest absolute Gasteiger partial charge is 0.348 e. The lowest BCUT2D eigenvalue weighted by molar-refractivity contribution is 0.583. The number of likely N-dealkylation sites (N-methyl/N-ethyl adjacent to an activating group) is 1. The molecule has 2 rings (SSSR count). The molecule has 0 amide bonds. The van der Waals surface area contributed by atoms with Crippen molar-refractivity contribution in [2.75, 3.05) is 19.6 Å². The molecule has 0 aliphatic rings. The number of aromatic nitrogens is 2. The van der Waals surface area contributed by atoms with E-state index in [1.165, 1.54) is 11.3 Å². The molecule has 0 fully saturated rings. The first kappa shape index (κ1) is 16.2. The number of thiophene rings is 1. The molecule has 21 heavy (non-hydrogen) atoms. The van der Waals surface area contributed by atoms with E-state index >= 15 is 0 Å². The van der Waals surface area contributed by atoms with Crippen LogP contribution < -0.4 is 10.0 Å². The SMILES string of the molecule is CCNCCc1ccc(S(=O)(=O)NCCc2cnc[nH]2)s1. The Morgan fingerprint density at radius 1 is 1.29 bits per heavy atom. The van der Waals surface area contributed by atoms with Crippen molar-refractivity contribution in [2.24, 2.45) is 0 Å². The summed E-state index contributed by atoms with van der Waals surface area (Å²) in [4.78, 5) is 7.92. The van der Waals surface area contributed by atoms with Crippen LogP contribution in [0.15, 0.2) is 28.9 Å². The van der Waals surface area contributed by atoms with Crippen LogP contribution in [0.4, 0.5) is 0 Å². The average molecular weight is 328 g/mol. The molecule has 3 N–H and O–H groups in total. The summed E-state index contributed by atoms with van der Waals surface area (Å²) in [5.41, 5.74) is 0.912. The van der Waals surface area contributed by atoms with Gasteiger partial charge >= 0.3 is 0 Å². The van der Waals surface area contributed by atoms with Crippen molar-refractivity contribution in [3.63, 3.8) is 0 Å². The molecule has 0 aliphatic heterocycles. The monoisotopic (exact) mass is 328 g/mol. The molecule has 0 saturated heterocycles. The zero-order chi connectivity index (χ0) is 15.1. The van der Waals surface area contributed by atoms with Crippen LogP contribution in [-0.2, 0) is 22.9 Å². The van der Waals surface area contributed by atoms with Gasteiger partial charge in [-0.1, -0.05) is 6.92 Å². The minimum absolute atomic E-state index is 0.356. The third-order valence-electron chi connectivity index (χ3n) is 2.94. The van der Waals surface area contributed by atoms with Crippen LogP contribution in [-0.4, -0.2) is 38.0 Å². The second kappa shape index (κ2) is 7.69. The third kappa shape index (κ3) is 4.92. The molecule has 0 atom stereocenters. The van der Waals surface area contributed by atoms with Crippen LogP contribution >= 0.6 is 11.3 Å². The Morgan fingerprint density at radius 2 is 2.14 bits per heavy atom. The van der Waals surface area contributed by atoms with Crippen LogP contribution in [0.3, 0.4) is 0 Å². The van der Waals surface area contributed by atoms with E-state index in [0.29, 0.717) is 17.2 Å². The summed E-state index contributed by atoms with van der Waals surface area (Å²) < 4.78 is 27.3. The van der Waals surface area contributed by atoms with Crippen molar-refractivity contribution in [3.05, 3.63) is 35.2 Å². The van der Waals surface area contributed by atoms with Crippen molar-refractivity contribution in [2.45, 2.75) is 24.0 Å². The topological polar surface area (TPSA) is 86.9 Å². The van der Waals surface area contributed by atoms with Crippen molar-refractivity contribution < 1.29 is 8.42 Å². The summed E-state index contributed by atoms with van der Waals surface area (Å²) in [6, 6.07) is 3.55. The maximum absolute atomic E-state index is 12.2. The Kier molecular flexibility index (Phi) is 5.92. The lowest BCUT2D eigenvalue weighted by atomic mass is 10.3. The summed E-state index contributed by atoms with van der Waals surface area (Å²) in [5, 5.41) is 3.23. The zero-order valence-corrected chi connectivity index (χ0v) is 13.6. The Balaban J connectivity index is 1.86. The Morgan fingerprint density at radius 3 is 2.86 bits per heavy atom. The van der Waals surface area contributed by atoms with Crippen molar-refractivity contribution in [3.8, 4) is 0 Å². The fourth-order valence-electron chi connectivity index (χ4n) is 1.84. The molecule has 6 nitrogen and oxygen atoms in total. The summed E-state index contributed by atoms with van der Waals surface area (Å²) in [7, 11) is -3.41. The number of imidazole rings is 1. The van der Waals surface area contributed by atoms with Gasteiger partial charge < -0.3 is 10.3 Å². The molecule has 2 aromatic heterocycles. The summed E-state index contributed by atoms with van der Waals surface area (Å²) in [6.45, 7) is 4.19. The van der Waals surface area contributed by atoms with E-state index in [9.17, 15) is 8.42 Å². The van der Waals surface area contributed by atoms with E-state index in [1.54, 1.807) is 18.6 Å². The molecule has 0 saturated carbocycles. The van der Waals surface area contributed by atoms with Gasteiger partial charge in [-0.15, -0.1) is 11.3 Å². The van der Waals surface area contributed by atoms with Crippen LogP contribution in [0.25, 0.3) is 0 Å². The van der Waals surface area contributed by atoms with Gasteiger partial charge in [0.2, 0.25) is 10.0 Å². The Bertz CT molecular complexity index is 635. The highest BCUT2D eigenvalue weighted by molar-refractivity contribution is 7.91. The van der Waals surface area contributed by atoms with Gasteiger partial charge in [-0.05, 0) is 31.6 Å². The molecule has 2 aromatic rings. The first-order chi connectivity index (χ1) is 10.1. The van der Waals surface area contributed by atoms with Crippen molar-refractivity contribution >= 4 is 21.4 Å². The fourth-order valence-corrected chi connectivity index (χ4v) is 4.27. The third-order valence-corrected chi connectivity index (χ3v) is 6.04. The number of hydrogen-bond acceptors (Lipinski definition) is 5. The number of rotatable bonds is 9. The van der Waals surface area contributed by atoms with Crippen LogP contribution in [0.1, 0.15) is 17.5 Å². The van der Waals surface area contributed by atoms with Gasteiger partial charge in [0.1, 0.15) is 4.21 Å². The quantitative estimate of drug-likeness (QED) is 0.603. The predicted molar refractivity (Wildman–Crippen MR) is 84.0 cm³/mol. The second-order valence-electron chi connectivity index (χ2n) is 4.55. The molecule has 2 heterocycles. The molecule has 0 radical (unpaired) electrons. The van der Waals surface area contributed by atoms with Gasteiger partial charge in [-0.25, -0.2) is 18.1 Å². The highest BCUT2D eigenvalue weighted by Gasteiger charge is 2.16. The van der Waals surface area contributed by atoms with E-state index in [-0.39, 0.29) is 0 Å². The number of H-pyrrole nitrogens is 1. The van der Waals surface area contributed by atoms with E-state index < -0.39 is 10.0 Å². The molecule has 116 valence electrons. The predicted octanol–water partition coefficient (Wildman–Crippen LogP) is 1.14. The number of hydrogen-bond donors (Lipinski definition) is 3. The normalized spacial score (nSPS) is 11.9. The maximum atomic E-state index is 12.2. The van der Waals surface area contributed by atoms with Crippen LogP contribution in [0, 0.1) is 0 Å². The second-order valence-corrected chi connectivity index (χ2v) is 7.71. The Labute approximate surface area is 129 Å². The van der Waals surface area contributed by atoms with Crippen LogP contribution in [0.2, 0.25) is 0 Å². The van der Waals surface area contributed by atoms with E-state index in [0.717, 1.165) is 30.1 Å². The fraction of sp³-hybridized carbons (Fsp3) is 0.462. The summed E-state index contributed by atoms with van der Waals surface area (Å²) in [5.74, 6) is 0. The lowest BCUT2D eigenvalue weighted by Crippen LogP contribution is -2.25. The van der Waals surface area contributed by atoms with Gasteiger partial charge in [0, 0.05) is 29.7 Å². The number of nitrogens with zero attached hydrogens (tertiary/aromatic N) is 1. The van der Waals surface area contributed by atoms with E-state index in [4.69, 9.17) is 0 Å². The lowest BCUT2D eigenvalue weighted by Gasteiger charge is -2.03. The minimum atomic E-state index is -3.41. The number of sulfonamides is 1. The molecular formula is C13H20N4O2S2. The smallest absolute Gasteiger partial charge is 0.250 e. The van der Waals surface area contributed by atoms with E-state index in [1.807, 2.05) is 13.0 Å². The number of aromatic amines is 1. The molecule has 0 unspecified atom stereocenters. The maximum Gasteiger partial charge on any atom is 0.250 e. The molecule has 0 bridgehead atoms. The summed E-state index contributed by atoms with van der Waals surface area (Å²) in [6.07, 6.45) is 4.72. The van der Waals surface area contributed by atoms with Gasteiger partial charge in [0.25, 0.3) is 0 Å². The minimum Gasteiger partial charge on any atom is -0.348 e. The first-order valence-electron chi connectivity index (χ1n) is 6.88. The van der Waals surface area contributed by atoms with Gasteiger partial charge in [0.15, 0.2) is 0 Å². The summed E-state index contributed by atoms with van der Waals surface area (Å²) >= 11 is 1.33. The zero-order valence-electron chi connectivity index (χ0n) is 11.9. The van der Waals surface area contributed by atoms with Crippen molar-refractivity contribution in [1.29, 1.82) is 0 Å². The molecular weight excluding hydrogens is 308 g/mol. The molecule has 0 aromatic carbocycles. The highest BCUT2D eigenvalue weighted by atomic mass is 32.2. The first-order valence-corrected chi connectivity index (χ1v) is 9.18. The Hall–Kier alpha value is -1.22. The average Bonchev–Trinajstić information content (AvgIpc) is 3.10. The number of nitrogens with one attached hydrogen (secondary N) is 3. The highest BCUT2D eigenvalue weighted by Crippen LogP contribution is 2.21. The van der Waals surface area contributed by atoms with Crippen LogP contribution in [0.5, 0.6) is 0 Å². The van der Waals surface area contributed by atoms with Gasteiger partial charge in [0.05, 0.1) is 6.33 Å². The standard InChI is InChI=1S/C13H20N4O2S2/c1-2-14-7-6-12-3-4-13(20-12)21(18,19)17-8-5-11-9-15-10-16-11/h3-4,9-10,14,17H,2,5-8H2,1H3,(H,15,16). The van der Waals surface area contributed by atoms with E-state index in [2.05, 4.69) is 20.0 Å². The van der Waals surface area contributed by atoms with Gasteiger partial charge in [-0.3, -0.25) is 0 Å². The van der Waals surface area contributed by atoms with Crippen molar-refractivity contribution in [1.82, 2.24) is 20.0 Å². The molecule has 8 heteroatoms. The molecule has 0 aliphatic carbocycles.